The average molecular weight is 315 g/mol. The maximum absolute atomic E-state index is 12.2. The van der Waals surface area contributed by atoms with Crippen LogP contribution in [0.25, 0.3) is 0 Å². The number of halogens is 3. The molecule has 2 aliphatic heterocycles. The summed E-state index contributed by atoms with van der Waals surface area (Å²) < 4.78 is 62.3. The Hall–Kier alpha value is -1.78. The Morgan fingerprint density at radius 2 is 2.00 bits per heavy atom. The van der Waals surface area contributed by atoms with Crippen molar-refractivity contribution in [3.63, 3.8) is 0 Å². The van der Waals surface area contributed by atoms with Crippen molar-refractivity contribution in [2.24, 2.45) is 0 Å². The number of nitrogens with zero attached hydrogens (tertiary/aromatic N) is 1. The Labute approximate surface area is 110 Å². The molecule has 2 rings (SSSR count). The van der Waals surface area contributed by atoms with Crippen molar-refractivity contribution in [1.82, 2.24) is 4.90 Å². The van der Waals surface area contributed by atoms with Gasteiger partial charge in [-0.25, -0.2) is 4.79 Å². The number of fused-ring (bicyclic) bond motifs is 1. The van der Waals surface area contributed by atoms with Gasteiger partial charge >= 0.3 is 21.6 Å². The van der Waals surface area contributed by atoms with Gasteiger partial charge in [0.2, 0.25) is 5.91 Å². The van der Waals surface area contributed by atoms with Crippen molar-refractivity contribution in [2.75, 3.05) is 0 Å². The molecule has 20 heavy (non-hydrogen) atoms. The van der Waals surface area contributed by atoms with Crippen LogP contribution >= 0.6 is 0 Å². The Morgan fingerprint density at radius 1 is 1.40 bits per heavy atom. The highest BCUT2D eigenvalue weighted by Crippen LogP contribution is 2.38. The maximum Gasteiger partial charge on any atom is 0.534 e. The molecule has 0 aromatic rings. The van der Waals surface area contributed by atoms with E-state index in [9.17, 15) is 31.2 Å². The van der Waals surface area contributed by atoms with Gasteiger partial charge < -0.3 is 9.29 Å². The fourth-order valence-corrected chi connectivity index (χ4v) is 2.58. The summed E-state index contributed by atoms with van der Waals surface area (Å²) in [6.45, 7) is 0. The molecule has 11 heteroatoms. The van der Waals surface area contributed by atoms with Crippen molar-refractivity contribution in [3.05, 3.63) is 11.5 Å². The smallest absolute Gasteiger partial charge is 0.476 e. The van der Waals surface area contributed by atoms with Crippen LogP contribution in [0.15, 0.2) is 11.5 Å². The third-order valence-corrected chi connectivity index (χ3v) is 3.94. The molecule has 2 aliphatic rings. The van der Waals surface area contributed by atoms with Crippen LogP contribution in [0.1, 0.15) is 19.3 Å². The van der Waals surface area contributed by atoms with E-state index in [0.717, 1.165) is 4.90 Å². The van der Waals surface area contributed by atoms with Crippen LogP contribution in [0.4, 0.5) is 13.2 Å². The van der Waals surface area contributed by atoms with Gasteiger partial charge in [0.15, 0.2) is 11.5 Å². The van der Waals surface area contributed by atoms with Crippen molar-refractivity contribution in [3.8, 4) is 0 Å². The van der Waals surface area contributed by atoms with Crippen molar-refractivity contribution in [1.29, 1.82) is 0 Å². The first-order valence-corrected chi connectivity index (χ1v) is 6.74. The van der Waals surface area contributed by atoms with E-state index < -0.39 is 45.0 Å². The number of carbonyl (C=O) groups excluding carboxylic acids is 1. The molecule has 0 saturated carbocycles. The molecule has 0 aromatic heterocycles. The molecule has 1 N–H and O–H groups in total. The van der Waals surface area contributed by atoms with Gasteiger partial charge in [-0.3, -0.25) is 9.69 Å². The number of alkyl halides is 3. The van der Waals surface area contributed by atoms with Crippen LogP contribution < -0.4 is 0 Å². The summed E-state index contributed by atoms with van der Waals surface area (Å²) in [5.41, 5.74) is -6.51. The topological polar surface area (TPSA) is 101 Å². The van der Waals surface area contributed by atoms with Crippen LogP contribution in [0, 0.1) is 0 Å². The van der Waals surface area contributed by atoms with E-state index in [1.807, 2.05) is 0 Å². The number of hydrogen-bond donors (Lipinski definition) is 1. The van der Waals surface area contributed by atoms with Crippen LogP contribution in [0.2, 0.25) is 0 Å². The number of carboxylic acid groups (broad SMARTS) is 1. The zero-order valence-corrected chi connectivity index (χ0v) is 10.5. The molecule has 0 spiro atoms. The molecule has 0 bridgehead atoms. The lowest BCUT2D eigenvalue weighted by atomic mass is 9.91. The van der Waals surface area contributed by atoms with Gasteiger partial charge in [0.05, 0.1) is 0 Å². The molecular weight excluding hydrogens is 307 g/mol. The number of carboxylic acids is 1. The first-order valence-electron chi connectivity index (χ1n) is 5.34. The SMILES string of the molecule is O=C(O)C1=C(OS(=O)(=O)C(F)(F)F)CC[C@H]2CC(=O)N12. The molecule has 7 nitrogen and oxygen atoms in total. The molecule has 0 unspecified atom stereocenters. The molecule has 1 atom stereocenters. The Bertz CT molecular complexity index is 608. The number of allylic oxidation sites excluding steroid dienone is 1. The fourth-order valence-electron chi connectivity index (χ4n) is 2.05. The Balaban J connectivity index is 2.40. The van der Waals surface area contributed by atoms with Crippen LogP contribution in [0.5, 0.6) is 0 Å². The van der Waals surface area contributed by atoms with Gasteiger partial charge in [0, 0.05) is 18.9 Å². The molecule has 2 heterocycles. The second-order valence-electron chi connectivity index (χ2n) is 4.22. The van der Waals surface area contributed by atoms with Gasteiger partial charge in [-0.15, -0.1) is 0 Å². The lowest BCUT2D eigenvalue weighted by Crippen LogP contribution is -2.55. The average Bonchev–Trinajstić information content (AvgIpc) is 2.27. The van der Waals surface area contributed by atoms with Crippen LogP contribution in [-0.4, -0.2) is 41.9 Å². The summed E-state index contributed by atoms with van der Waals surface area (Å²) in [5, 5.41) is 8.94. The third-order valence-electron chi connectivity index (χ3n) is 2.95. The van der Waals surface area contributed by atoms with Crippen LogP contribution in [-0.2, 0) is 23.9 Å². The predicted octanol–water partition coefficient (Wildman–Crippen LogP) is 0.543. The summed E-state index contributed by atoms with van der Waals surface area (Å²) >= 11 is 0. The van der Waals surface area contributed by atoms with E-state index in [-0.39, 0.29) is 19.3 Å². The first-order chi connectivity index (χ1) is 9.04. The zero-order valence-electron chi connectivity index (χ0n) is 9.68. The van der Waals surface area contributed by atoms with Gasteiger partial charge in [0.1, 0.15) is 0 Å². The molecule has 0 aromatic carbocycles. The standard InChI is InChI=1S/C9H8F3NO6S/c10-9(11,12)20(17,18)19-5-2-1-4-3-6(14)13(4)7(5)8(15)16/h4H,1-3H2,(H,15,16)/t4-/m0/s1. The quantitative estimate of drug-likeness (QED) is 0.463. The summed E-state index contributed by atoms with van der Waals surface area (Å²) in [6, 6.07) is -0.436. The molecule has 1 amide bonds. The summed E-state index contributed by atoms with van der Waals surface area (Å²) in [4.78, 5) is 23.1. The molecule has 0 radical (unpaired) electrons. The van der Waals surface area contributed by atoms with E-state index in [0.29, 0.717) is 0 Å². The lowest BCUT2D eigenvalue weighted by Gasteiger charge is -2.43. The number of β-lactam (4-membered cyclic amide) rings is 1. The van der Waals surface area contributed by atoms with Gasteiger partial charge in [-0.05, 0) is 6.42 Å². The number of rotatable bonds is 3. The zero-order chi connectivity index (χ0) is 15.3. The minimum absolute atomic E-state index is 0.0794. The van der Waals surface area contributed by atoms with Gasteiger partial charge in [-0.2, -0.15) is 21.6 Å². The molecule has 112 valence electrons. The Kier molecular flexibility index (Phi) is 3.19. The molecule has 1 fully saturated rings. The second kappa shape index (κ2) is 4.36. The molecule has 0 aliphatic carbocycles. The molecule has 1 saturated heterocycles. The first kappa shape index (κ1) is 14.6. The molecular formula is C9H8F3NO6S. The van der Waals surface area contributed by atoms with Gasteiger partial charge in [-0.1, -0.05) is 0 Å². The second-order valence-corrected chi connectivity index (χ2v) is 5.76. The summed E-state index contributed by atoms with van der Waals surface area (Å²) in [5.74, 6) is -3.19. The largest absolute Gasteiger partial charge is 0.534 e. The Morgan fingerprint density at radius 3 is 2.45 bits per heavy atom. The van der Waals surface area contributed by atoms with E-state index >= 15 is 0 Å². The summed E-state index contributed by atoms with van der Waals surface area (Å²) in [7, 11) is -5.96. The maximum atomic E-state index is 12.2. The van der Waals surface area contributed by atoms with Crippen molar-refractivity contribution < 1.29 is 40.5 Å². The summed E-state index contributed by atoms with van der Waals surface area (Å²) in [6.07, 6.45) is -0.0767. The number of hydrogen-bond acceptors (Lipinski definition) is 5. The van der Waals surface area contributed by atoms with Crippen LogP contribution in [0.3, 0.4) is 0 Å². The number of amides is 1. The van der Waals surface area contributed by atoms with E-state index in [2.05, 4.69) is 4.18 Å². The van der Waals surface area contributed by atoms with E-state index in [1.165, 1.54) is 0 Å². The van der Waals surface area contributed by atoms with E-state index in [1.54, 1.807) is 0 Å². The highest BCUT2D eigenvalue weighted by atomic mass is 32.2. The predicted molar refractivity (Wildman–Crippen MR) is 55.2 cm³/mol. The minimum atomic E-state index is -5.96. The lowest BCUT2D eigenvalue weighted by molar-refractivity contribution is -0.150. The highest BCUT2D eigenvalue weighted by Gasteiger charge is 2.51. The minimum Gasteiger partial charge on any atom is -0.476 e. The fraction of sp³-hybridized carbons (Fsp3) is 0.556. The number of carbonyl (C=O) groups is 2. The third kappa shape index (κ3) is 2.21. The monoisotopic (exact) mass is 315 g/mol. The van der Waals surface area contributed by atoms with E-state index in [4.69, 9.17) is 5.11 Å². The van der Waals surface area contributed by atoms with Gasteiger partial charge in [0.25, 0.3) is 0 Å². The van der Waals surface area contributed by atoms with Crippen molar-refractivity contribution in [2.45, 2.75) is 30.8 Å². The normalized spacial score (nSPS) is 23.2. The number of aliphatic carboxylic acids is 1. The highest BCUT2D eigenvalue weighted by molar-refractivity contribution is 7.87. The van der Waals surface area contributed by atoms with Crippen molar-refractivity contribution >= 4 is 22.0 Å².